The first-order valence-electron chi connectivity index (χ1n) is 11.0. The molecule has 0 saturated heterocycles. The highest BCUT2D eigenvalue weighted by Gasteiger charge is 2.26. The van der Waals surface area contributed by atoms with Gasteiger partial charge in [0, 0.05) is 19.5 Å². The molecule has 0 fully saturated rings. The number of amides is 2. The van der Waals surface area contributed by atoms with Gasteiger partial charge in [-0.3, -0.25) is 9.59 Å². The fourth-order valence-electron chi connectivity index (χ4n) is 2.99. The zero-order chi connectivity index (χ0) is 22.3. The molecule has 0 saturated carbocycles. The molecule has 7 nitrogen and oxygen atoms in total. The number of unbranched alkanes of at least 4 members (excludes halogenated alkanes) is 5. The zero-order valence-electron chi connectivity index (χ0n) is 18.9. The van der Waals surface area contributed by atoms with Gasteiger partial charge >= 0.3 is 18.0 Å². The molecular formula is C22H42N2O5. The number of urea groups is 1. The number of hydrogen-bond donors (Lipinski definition) is 2. The topological polar surface area (TPSA) is 110 Å². The number of nitrogens with zero attached hydrogens (tertiary/aromatic N) is 1. The molecule has 0 bridgehead atoms. The van der Waals surface area contributed by atoms with Crippen LogP contribution in [0.4, 0.5) is 4.79 Å². The van der Waals surface area contributed by atoms with Gasteiger partial charge in [0.25, 0.3) is 0 Å². The van der Waals surface area contributed by atoms with Crippen LogP contribution in [0, 0.1) is 5.41 Å². The fraction of sp³-hybridized carbons (Fsp3) is 0.864. The molecule has 3 N–H and O–H groups in total. The minimum Gasteiger partial charge on any atom is -0.481 e. The van der Waals surface area contributed by atoms with Crippen molar-refractivity contribution in [1.29, 1.82) is 0 Å². The molecule has 0 aromatic carbocycles. The predicted octanol–water partition coefficient (Wildman–Crippen LogP) is 4.72. The average molecular weight is 415 g/mol. The van der Waals surface area contributed by atoms with E-state index in [0.717, 1.165) is 51.4 Å². The van der Waals surface area contributed by atoms with E-state index < -0.39 is 17.4 Å². The van der Waals surface area contributed by atoms with Gasteiger partial charge in [-0.1, -0.05) is 32.6 Å². The Hall–Kier alpha value is -1.79. The minimum absolute atomic E-state index is 0.126. The SMILES string of the molecule is CCCCCC(CCCN(CCCCCCC(=O)O)C(N)=O)OC(=O)C(C)(C)C. The molecule has 0 heterocycles. The Morgan fingerprint density at radius 2 is 1.52 bits per heavy atom. The number of carboxylic acid groups (broad SMARTS) is 1. The molecule has 29 heavy (non-hydrogen) atoms. The van der Waals surface area contributed by atoms with Crippen LogP contribution in [0.5, 0.6) is 0 Å². The molecule has 170 valence electrons. The molecule has 0 aromatic rings. The highest BCUT2D eigenvalue weighted by molar-refractivity contribution is 5.75. The number of aliphatic carboxylic acids is 1. The van der Waals surface area contributed by atoms with E-state index >= 15 is 0 Å². The van der Waals surface area contributed by atoms with Crippen LogP contribution >= 0.6 is 0 Å². The van der Waals surface area contributed by atoms with E-state index in [0.29, 0.717) is 25.9 Å². The number of hydrogen-bond acceptors (Lipinski definition) is 4. The van der Waals surface area contributed by atoms with E-state index in [1.807, 2.05) is 20.8 Å². The summed E-state index contributed by atoms with van der Waals surface area (Å²) in [6.07, 6.45) is 8.77. The van der Waals surface area contributed by atoms with Gasteiger partial charge in [-0.2, -0.15) is 0 Å². The first-order valence-corrected chi connectivity index (χ1v) is 11.0. The first-order chi connectivity index (χ1) is 13.6. The third kappa shape index (κ3) is 14.8. The fourth-order valence-corrected chi connectivity index (χ4v) is 2.99. The predicted molar refractivity (Wildman–Crippen MR) is 115 cm³/mol. The summed E-state index contributed by atoms with van der Waals surface area (Å²) in [5.74, 6) is -0.962. The lowest BCUT2D eigenvalue weighted by molar-refractivity contribution is -0.159. The van der Waals surface area contributed by atoms with E-state index in [1.54, 1.807) is 4.90 Å². The van der Waals surface area contributed by atoms with E-state index in [1.165, 1.54) is 0 Å². The number of carbonyl (C=O) groups excluding carboxylic acids is 2. The molecule has 0 aliphatic rings. The summed E-state index contributed by atoms with van der Waals surface area (Å²) in [5, 5.41) is 8.64. The van der Waals surface area contributed by atoms with Crippen molar-refractivity contribution in [3.8, 4) is 0 Å². The zero-order valence-corrected chi connectivity index (χ0v) is 18.9. The summed E-state index contributed by atoms with van der Waals surface area (Å²) in [7, 11) is 0. The number of esters is 1. The maximum atomic E-state index is 12.2. The third-order valence-corrected chi connectivity index (χ3v) is 4.85. The quantitative estimate of drug-likeness (QED) is 0.280. The monoisotopic (exact) mass is 414 g/mol. The van der Waals surface area contributed by atoms with Crippen molar-refractivity contribution in [2.45, 2.75) is 104 Å². The van der Waals surface area contributed by atoms with Crippen LogP contribution in [-0.2, 0) is 14.3 Å². The van der Waals surface area contributed by atoms with Gasteiger partial charge in [-0.05, 0) is 59.3 Å². The van der Waals surface area contributed by atoms with Crippen molar-refractivity contribution >= 4 is 18.0 Å². The molecule has 0 spiro atoms. The van der Waals surface area contributed by atoms with Gasteiger partial charge in [0.15, 0.2) is 0 Å². The number of carboxylic acids is 1. The molecular weight excluding hydrogens is 372 g/mol. The highest BCUT2D eigenvalue weighted by atomic mass is 16.5. The van der Waals surface area contributed by atoms with Gasteiger partial charge in [-0.15, -0.1) is 0 Å². The van der Waals surface area contributed by atoms with E-state index in [4.69, 9.17) is 15.6 Å². The Bertz CT molecular complexity index is 488. The van der Waals surface area contributed by atoms with Crippen molar-refractivity contribution in [3.63, 3.8) is 0 Å². The van der Waals surface area contributed by atoms with Crippen LogP contribution in [0.25, 0.3) is 0 Å². The number of carbonyl (C=O) groups is 3. The second-order valence-electron chi connectivity index (χ2n) is 8.80. The summed E-state index contributed by atoms with van der Waals surface area (Å²) in [4.78, 5) is 36.1. The average Bonchev–Trinajstić information content (AvgIpc) is 2.61. The summed E-state index contributed by atoms with van der Waals surface area (Å²) in [5.41, 5.74) is 4.97. The summed E-state index contributed by atoms with van der Waals surface area (Å²) < 4.78 is 5.73. The second kappa shape index (κ2) is 15.1. The van der Waals surface area contributed by atoms with E-state index in [-0.39, 0.29) is 18.5 Å². The van der Waals surface area contributed by atoms with Crippen LogP contribution in [-0.4, -0.2) is 47.2 Å². The van der Waals surface area contributed by atoms with Crippen molar-refractivity contribution < 1.29 is 24.2 Å². The number of primary amides is 1. The van der Waals surface area contributed by atoms with Crippen LogP contribution in [0.1, 0.15) is 98.3 Å². The molecule has 2 amide bonds. The maximum absolute atomic E-state index is 12.2. The van der Waals surface area contributed by atoms with Crippen LogP contribution in [0.3, 0.4) is 0 Å². The normalized spacial score (nSPS) is 12.4. The molecule has 0 rings (SSSR count). The van der Waals surface area contributed by atoms with Gasteiger partial charge in [-0.25, -0.2) is 4.79 Å². The maximum Gasteiger partial charge on any atom is 0.314 e. The van der Waals surface area contributed by atoms with Crippen LogP contribution in [0.15, 0.2) is 0 Å². The molecule has 0 radical (unpaired) electrons. The smallest absolute Gasteiger partial charge is 0.314 e. The molecule has 1 unspecified atom stereocenters. The lowest BCUT2D eigenvalue weighted by atomic mass is 9.97. The standard InChI is InChI=1S/C22H42N2O5/c1-5-6-9-13-18(29-20(27)22(2,3)4)14-12-17-24(21(23)28)16-11-8-7-10-15-19(25)26/h18H,5-17H2,1-4H3,(H2,23,28)(H,25,26). The summed E-state index contributed by atoms with van der Waals surface area (Å²) >= 11 is 0. The Morgan fingerprint density at radius 3 is 2.07 bits per heavy atom. The second-order valence-corrected chi connectivity index (χ2v) is 8.80. The summed E-state index contributed by atoms with van der Waals surface area (Å²) in [6.45, 7) is 8.81. The Balaban J connectivity index is 4.38. The van der Waals surface area contributed by atoms with Crippen molar-refractivity contribution in [2.24, 2.45) is 11.1 Å². The van der Waals surface area contributed by atoms with Crippen molar-refractivity contribution in [3.05, 3.63) is 0 Å². The van der Waals surface area contributed by atoms with Gasteiger partial charge in [0.2, 0.25) is 0 Å². The number of rotatable bonds is 16. The van der Waals surface area contributed by atoms with E-state index in [2.05, 4.69) is 6.92 Å². The molecule has 0 aromatic heterocycles. The third-order valence-electron chi connectivity index (χ3n) is 4.85. The Labute approximate surface area is 176 Å². The largest absolute Gasteiger partial charge is 0.481 e. The van der Waals surface area contributed by atoms with E-state index in [9.17, 15) is 14.4 Å². The van der Waals surface area contributed by atoms with Crippen LogP contribution in [0.2, 0.25) is 0 Å². The number of nitrogens with two attached hydrogens (primary N) is 1. The first kappa shape index (κ1) is 27.2. The Morgan fingerprint density at radius 1 is 0.931 bits per heavy atom. The van der Waals surface area contributed by atoms with Gasteiger partial charge in [0.05, 0.1) is 5.41 Å². The van der Waals surface area contributed by atoms with Crippen molar-refractivity contribution in [1.82, 2.24) is 4.90 Å². The highest BCUT2D eigenvalue weighted by Crippen LogP contribution is 2.20. The minimum atomic E-state index is -0.774. The molecule has 7 heteroatoms. The molecule has 1 atom stereocenters. The lowest BCUT2D eigenvalue weighted by Gasteiger charge is -2.25. The van der Waals surface area contributed by atoms with Gasteiger partial charge in [0.1, 0.15) is 6.10 Å². The van der Waals surface area contributed by atoms with Crippen molar-refractivity contribution in [2.75, 3.05) is 13.1 Å². The lowest BCUT2D eigenvalue weighted by Crippen LogP contribution is -2.37. The molecule has 0 aliphatic carbocycles. The summed E-state index contributed by atoms with van der Waals surface area (Å²) in [6, 6.07) is -0.440. The molecule has 0 aliphatic heterocycles. The van der Waals surface area contributed by atoms with Crippen LogP contribution < -0.4 is 5.73 Å². The Kier molecular flexibility index (Phi) is 14.2. The van der Waals surface area contributed by atoms with Gasteiger partial charge < -0.3 is 20.5 Å². The number of ether oxygens (including phenoxy) is 1.